The van der Waals surface area contributed by atoms with Crippen molar-refractivity contribution >= 4 is 15.9 Å². The molecule has 3 aromatic rings. The summed E-state index contributed by atoms with van der Waals surface area (Å²) in [6.07, 6.45) is 0. The molecule has 0 bridgehead atoms. The van der Waals surface area contributed by atoms with Gasteiger partial charge in [0.2, 0.25) is 0 Å². The minimum Gasteiger partial charge on any atom is -0.508 e. The Morgan fingerprint density at radius 2 is 2.17 bits per heavy atom. The Bertz CT molecular complexity index is 904. The van der Waals surface area contributed by atoms with Crippen molar-refractivity contribution in [1.82, 2.24) is 20.2 Å². The first-order chi connectivity index (χ1) is 11.1. The van der Waals surface area contributed by atoms with Crippen molar-refractivity contribution in [3.8, 4) is 17.2 Å². The largest absolute Gasteiger partial charge is 0.508 e. The number of hydrogen-bond acceptors (Lipinski definition) is 5. The number of aromatic nitrogens is 4. The van der Waals surface area contributed by atoms with Crippen molar-refractivity contribution in [1.29, 1.82) is 0 Å². The Hall–Kier alpha value is -2.61. The van der Waals surface area contributed by atoms with Gasteiger partial charge in [0.05, 0.1) is 10.2 Å². The summed E-state index contributed by atoms with van der Waals surface area (Å²) >= 11 is 3.34. The molecule has 0 atom stereocenters. The summed E-state index contributed by atoms with van der Waals surface area (Å²) < 4.78 is 7.64. The summed E-state index contributed by atoms with van der Waals surface area (Å²) in [7, 11) is 0. The van der Waals surface area contributed by atoms with Crippen LogP contribution < -0.4 is 10.4 Å². The zero-order valence-electron chi connectivity index (χ0n) is 12.2. The predicted molar refractivity (Wildman–Crippen MR) is 86.9 cm³/mol. The Balaban J connectivity index is 1.94. The van der Waals surface area contributed by atoms with Crippen LogP contribution in [0.1, 0.15) is 11.1 Å². The molecule has 2 aromatic carbocycles. The van der Waals surface area contributed by atoms with Gasteiger partial charge in [0.1, 0.15) is 18.1 Å². The van der Waals surface area contributed by atoms with E-state index in [1.165, 1.54) is 4.68 Å². The number of H-pyrrole nitrogens is 1. The third-order valence-electron chi connectivity index (χ3n) is 3.37. The van der Waals surface area contributed by atoms with Crippen LogP contribution in [0.15, 0.2) is 45.7 Å². The van der Waals surface area contributed by atoms with Gasteiger partial charge in [0, 0.05) is 5.56 Å². The summed E-state index contributed by atoms with van der Waals surface area (Å²) in [6, 6.07) is 10.3. The first kappa shape index (κ1) is 15.3. The van der Waals surface area contributed by atoms with Crippen LogP contribution in [-0.4, -0.2) is 25.3 Å². The van der Waals surface area contributed by atoms with Gasteiger partial charge in [0.15, 0.2) is 0 Å². The van der Waals surface area contributed by atoms with Gasteiger partial charge in [0.25, 0.3) is 0 Å². The molecule has 0 unspecified atom stereocenters. The third-order valence-corrected chi connectivity index (χ3v) is 3.99. The van der Waals surface area contributed by atoms with Crippen molar-refractivity contribution in [3.05, 3.63) is 62.5 Å². The minimum absolute atomic E-state index is 0.148. The topological polar surface area (TPSA) is 93.0 Å². The summed E-state index contributed by atoms with van der Waals surface area (Å²) in [5.74, 6) is 0.736. The number of aromatic hydroxyl groups is 1. The highest BCUT2D eigenvalue weighted by molar-refractivity contribution is 9.10. The van der Waals surface area contributed by atoms with Crippen LogP contribution in [0.25, 0.3) is 5.69 Å². The Morgan fingerprint density at radius 1 is 1.35 bits per heavy atom. The average Bonchev–Trinajstić information content (AvgIpc) is 2.93. The first-order valence-corrected chi connectivity index (χ1v) is 7.56. The molecule has 8 heteroatoms. The van der Waals surface area contributed by atoms with Crippen LogP contribution in [0.5, 0.6) is 11.5 Å². The van der Waals surface area contributed by atoms with Gasteiger partial charge < -0.3 is 9.84 Å². The van der Waals surface area contributed by atoms with E-state index in [0.717, 1.165) is 11.1 Å². The fraction of sp³-hybridized carbons (Fsp3) is 0.133. The molecule has 7 nitrogen and oxygen atoms in total. The monoisotopic (exact) mass is 376 g/mol. The second-order valence-electron chi connectivity index (χ2n) is 4.89. The lowest BCUT2D eigenvalue weighted by atomic mass is 10.1. The Morgan fingerprint density at radius 3 is 2.87 bits per heavy atom. The molecule has 3 rings (SSSR count). The third kappa shape index (κ3) is 3.11. The van der Waals surface area contributed by atoms with Crippen molar-refractivity contribution in [2.24, 2.45) is 0 Å². The number of aromatic amines is 1. The van der Waals surface area contributed by atoms with Crippen molar-refractivity contribution in [3.63, 3.8) is 0 Å². The van der Waals surface area contributed by atoms with E-state index >= 15 is 0 Å². The highest BCUT2D eigenvalue weighted by Crippen LogP contribution is 2.30. The number of halogens is 1. The van der Waals surface area contributed by atoms with Crippen LogP contribution in [0.4, 0.5) is 0 Å². The van der Waals surface area contributed by atoms with E-state index in [0.29, 0.717) is 15.9 Å². The average molecular weight is 377 g/mol. The minimum atomic E-state index is -0.414. The molecule has 0 aliphatic rings. The van der Waals surface area contributed by atoms with E-state index < -0.39 is 5.69 Å². The van der Waals surface area contributed by atoms with Crippen molar-refractivity contribution in [2.75, 3.05) is 0 Å². The summed E-state index contributed by atoms with van der Waals surface area (Å²) in [6.45, 7) is 2.17. The molecule has 0 saturated heterocycles. The molecule has 2 N–H and O–H groups in total. The normalized spacial score (nSPS) is 10.7. The van der Waals surface area contributed by atoms with Crippen LogP contribution in [-0.2, 0) is 6.61 Å². The van der Waals surface area contributed by atoms with Crippen molar-refractivity contribution in [2.45, 2.75) is 13.5 Å². The van der Waals surface area contributed by atoms with E-state index in [1.54, 1.807) is 24.3 Å². The highest BCUT2D eigenvalue weighted by atomic mass is 79.9. The smallest absolute Gasteiger partial charge is 0.365 e. The number of nitrogens with one attached hydrogen (secondary N) is 1. The number of aryl methyl sites for hydroxylation is 1. The molecular weight excluding hydrogens is 364 g/mol. The fourth-order valence-corrected chi connectivity index (χ4v) is 2.67. The number of phenolic OH excluding ortho intramolecular Hbond substituents is 1. The van der Waals surface area contributed by atoms with Gasteiger partial charge >= 0.3 is 5.69 Å². The molecule has 0 aliphatic carbocycles. The van der Waals surface area contributed by atoms with E-state index in [4.69, 9.17) is 4.74 Å². The van der Waals surface area contributed by atoms with Crippen LogP contribution >= 0.6 is 15.9 Å². The number of hydrogen-bond donors (Lipinski definition) is 2. The number of benzene rings is 2. The molecule has 0 amide bonds. The van der Waals surface area contributed by atoms with Crippen LogP contribution in [0.3, 0.4) is 0 Å². The van der Waals surface area contributed by atoms with E-state index in [2.05, 4.69) is 31.5 Å². The number of rotatable bonds is 4. The first-order valence-electron chi connectivity index (χ1n) is 6.77. The molecule has 0 radical (unpaired) electrons. The molecule has 0 fully saturated rings. The number of nitrogens with zero attached hydrogens (tertiary/aromatic N) is 3. The molecular formula is C15H13BrN4O3. The maximum atomic E-state index is 11.8. The summed E-state index contributed by atoms with van der Waals surface area (Å²) in [5, 5.41) is 19.0. The predicted octanol–water partition coefficient (Wildman–Crippen LogP) is 2.31. The standard InChI is InChI=1S/C15H13BrN4O3/c1-9-3-2-4-13(20-15(22)17-18-19-20)11(9)8-23-14-6-5-10(21)7-12(14)16/h2-7,21H,8H2,1H3,(H,17,19,22). The molecule has 23 heavy (non-hydrogen) atoms. The van der Waals surface area contributed by atoms with E-state index in [-0.39, 0.29) is 12.4 Å². The van der Waals surface area contributed by atoms with Gasteiger partial charge in [-0.3, -0.25) is 0 Å². The quantitative estimate of drug-likeness (QED) is 0.728. The van der Waals surface area contributed by atoms with Crippen LogP contribution in [0.2, 0.25) is 0 Å². The summed E-state index contributed by atoms with van der Waals surface area (Å²) in [4.78, 5) is 11.8. The molecule has 1 heterocycles. The molecule has 0 aliphatic heterocycles. The zero-order chi connectivity index (χ0) is 16.4. The Kier molecular flexibility index (Phi) is 4.16. The van der Waals surface area contributed by atoms with Gasteiger partial charge in [-0.15, -0.1) is 0 Å². The summed E-state index contributed by atoms with van der Waals surface area (Å²) in [5.41, 5.74) is 1.98. The second kappa shape index (κ2) is 6.25. The van der Waals surface area contributed by atoms with E-state index in [1.807, 2.05) is 19.1 Å². The number of ether oxygens (including phenoxy) is 1. The van der Waals surface area contributed by atoms with E-state index in [9.17, 15) is 9.90 Å². The lowest BCUT2D eigenvalue weighted by Crippen LogP contribution is -2.18. The SMILES string of the molecule is Cc1cccc(-n2nn[nH]c2=O)c1COc1ccc(O)cc1Br. The lowest BCUT2D eigenvalue weighted by molar-refractivity contribution is 0.302. The highest BCUT2D eigenvalue weighted by Gasteiger charge is 2.13. The lowest BCUT2D eigenvalue weighted by Gasteiger charge is -2.13. The Labute approximate surface area is 139 Å². The fourth-order valence-electron chi connectivity index (χ4n) is 2.19. The van der Waals surface area contributed by atoms with Gasteiger partial charge in [-0.1, -0.05) is 12.1 Å². The molecule has 118 valence electrons. The van der Waals surface area contributed by atoms with Gasteiger partial charge in [-0.05, 0) is 63.1 Å². The maximum absolute atomic E-state index is 11.8. The molecule has 0 saturated carbocycles. The van der Waals surface area contributed by atoms with Gasteiger partial charge in [-0.2, -0.15) is 4.68 Å². The molecule has 1 aromatic heterocycles. The zero-order valence-corrected chi connectivity index (χ0v) is 13.7. The number of phenols is 1. The maximum Gasteiger partial charge on any atom is 0.365 e. The molecule has 0 spiro atoms. The number of tetrazole rings is 1. The van der Waals surface area contributed by atoms with Crippen molar-refractivity contribution < 1.29 is 9.84 Å². The van der Waals surface area contributed by atoms with Crippen LogP contribution in [0, 0.1) is 6.92 Å². The van der Waals surface area contributed by atoms with Gasteiger partial charge in [-0.25, -0.2) is 9.89 Å². The second-order valence-corrected chi connectivity index (χ2v) is 5.75.